The van der Waals surface area contributed by atoms with Gasteiger partial charge in [-0.15, -0.1) is 0 Å². The van der Waals surface area contributed by atoms with Gasteiger partial charge in [0, 0.05) is 0 Å². The van der Waals surface area contributed by atoms with Crippen molar-refractivity contribution in [1.29, 1.82) is 0 Å². The number of hydrogen-bond acceptors (Lipinski definition) is 0. The Morgan fingerprint density at radius 1 is 1.67 bits per heavy atom. The van der Waals surface area contributed by atoms with Crippen LogP contribution in [0.5, 0.6) is 0 Å². The first-order chi connectivity index (χ1) is 2.91. The molecular weight excluding hydrogens is 190 g/mol. The summed E-state index contributed by atoms with van der Waals surface area (Å²) >= 11 is 2.22. The average Bonchev–Trinajstić information content (AvgIpc) is 1.72. The molecule has 0 spiro atoms. The molecule has 0 aromatic heterocycles. The molecular formula is C4H9ClPd. The number of unbranched alkanes of at least 4 members (excludes halogenated alkanes) is 1. The summed E-state index contributed by atoms with van der Waals surface area (Å²) in [5, 5.41) is 0. The molecule has 0 aliphatic heterocycles. The van der Waals surface area contributed by atoms with E-state index in [1.54, 1.807) is 0 Å². The van der Waals surface area contributed by atoms with Crippen LogP contribution in [0.3, 0.4) is 0 Å². The van der Waals surface area contributed by atoms with Crippen LogP contribution >= 0.6 is 9.53 Å². The molecule has 0 saturated carbocycles. The van der Waals surface area contributed by atoms with Crippen molar-refractivity contribution in [3.63, 3.8) is 0 Å². The van der Waals surface area contributed by atoms with E-state index >= 15 is 0 Å². The van der Waals surface area contributed by atoms with Crippen molar-refractivity contribution < 1.29 is 18.2 Å². The molecule has 6 heavy (non-hydrogen) atoms. The van der Waals surface area contributed by atoms with Gasteiger partial charge in [-0.1, -0.05) is 26.7 Å². The summed E-state index contributed by atoms with van der Waals surface area (Å²) in [6.45, 7) is 5.72. The average molecular weight is 199 g/mol. The monoisotopic (exact) mass is 198 g/mol. The Hall–Kier alpha value is 0.952. The van der Waals surface area contributed by atoms with E-state index in [4.69, 9.17) is 0 Å². The molecule has 0 rings (SSSR count). The van der Waals surface area contributed by atoms with Crippen LogP contribution in [-0.4, -0.2) is 0 Å². The Morgan fingerprint density at radius 3 is 1.83 bits per heavy atom. The van der Waals surface area contributed by atoms with Crippen LogP contribution in [0.4, 0.5) is 0 Å². The van der Waals surface area contributed by atoms with Gasteiger partial charge in [-0.2, -0.15) is 0 Å². The Balaban J connectivity index is 0. The van der Waals surface area contributed by atoms with Gasteiger partial charge in [-0.25, -0.2) is 0 Å². The summed E-state index contributed by atoms with van der Waals surface area (Å²) in [5.74, 6) is 0. The molecule has 0 aliphatic rings. The van der Waals surface area contributed by atoms with E-state index in [0.29, 0.717) is 0 Å². The van der Waals surface area contributed by atoms with Gasteiger partial charge < -0.3 is 0 Å². The van der Waals surface area contributed by atoms with Crippen molar-refractivity contribution in [2.45, 2.75) is 19.8 Å². The molecule has 0 aromatic rings. The van der Waals surface area contributed by atoms with E-state index in [-0.39, 0.29) is 0 Å². The zero-order chi connectivity index (χ0) is 5.41. The summed E-state index contributed by atoms with van der Waals surface area (Å²) in [6.07, 6.45) is 2.28. The van der Waals surface area contributed by atoms with Gasteiger partial charge in [0.15, 0.2) is 0 Å². The van der Waals surface area contributed by atoms with Gasteiger partial charge in [0.1, 0.15) is 0 Å². The molecule has 0 nitrogen and oxygen atoms in total. The van der Waals surface area contributed by atoms with Crippen LogP contribution in [0, 0.1) is 6.92 Å². The molecule has 0 N–H and O–H groups in total. The van der Waals surface area contributed by atoms with E-state index in [1.165, 1.54) is 6.42 Å². The second-order valence-electron chi connectivity index (χ2n) is 0.854. The summed E-state index contributed by atoms with van der Waals surface area (Å²) in [4.78, 5) is 0. The minimum absolute atomic E-state index is 1.07. The molecule has 0 amide bonds. The van der Waals surface area contributed by atoms with Crippen molar-refractivity contribution >= 4 is 9.53 Å². The zero-order valence-corrected chi connectivity index (χ0v) is 6.13. The third-order valence-electron chi connectivity index (χ3n) is 0.354. The summed E-state index contributed by atoms with van der Waals surface area (Å²) < 4.78 is 0. The standard InChI is InChI=1S/C4H9.ClH.Pd/c1-3-4-2;;/h1,3-4H2,2H3;1H;/q;;+1/p-1. The first kappa shape index (κ1) is 10.0. The van der Waals surface area contributed by atoms with Crippen molar-refractivity contribution in [1.82, 2.24) is 0 Å². The number of rotatable bonds is 1. The van der Waals surface area contributed by atoms with Crippen LogP contribution in [0.25, 0.3) is 0 Å². The summed E-state index contributed by atoms with van der Waals surface area (Å²) in [5.41, 5.74) is 0. The SMILES string of the molecule is [CH2]CCC.[Cl][Pd]. The van der Waals surface area contributed by atoms with Crippen LogP contribution in [0.15, 0.2) is 0 Å². The molecule has 0 fully saturated rings. The van der Waals surface area contributed by atoms with Crippen molar-refractivity contribution in [2.75, 3.05) is 0 Å². The van der Waals surface area contributed by atoms with Gasteiger partial charge in [-0.3, -0.25) is 0 Å². The summed E-state index contributed by atoms with van der Waals surface area (Å²) in [7, 11) is 4.49. The molecule has 0 bridgehead atoms. The maximum absolute atomic E-state index is 4.49. The van der Waals surface area contributed by atoms with Gasteiger partial charge >= 0.3 is 27.7 Å². The van der Waals surface area contributed by atoms with E-state index in [2.05, 4.69) is 41.6 Å². The normalized spacial score (nSPS) is 6.17. The quantitative estimate of drug-likeness (QED) is 0.568. The Labute approximate surface area is 54.6 Å². The third kappa shape index (κ3) is 20.3. The fourth-order valence-corrected chi connectivity index (χ4v) is 0. The topological polar surface area (TPSA) is 0 Å². The van der Waals surface area contributed by atoms with Crippen molar-refractivity contribution in [3.05, 3.63) is 6.92 Å². The fourth-order valence-electron chi connectivity index (χ4n) is 0. The van der Waals surface area contributed by atoms with E-state index in [0.717, 1.165) is 6.42 Å². The molecule has 0 saturated heterocycles. The van der Waals surface area contributed by atoms with E-state index < -0.39 is 0 Å². The molecule has 1 radical (unpaired) electrons. The number of hydrogen-bond donors (Lipinski definition) is 0. The number of halogens is 1. The van der Waals surface area contributed by atoms with E-state index in [1.807, 2.05) is 0 Å². The van der Waals surface area contributed by atoms with Crippen LogP contribution in [0.2, 0.25) is 0 Å². The molecule has 0 aliphatic carbocycles. The zero-order valence-electron chi connectivity index (χ0n) is 3.82. The first-order valence-corrected chi connectivity index (χ1v) is 3.83. The molecule has 0 atom stereocenters. The predicted molar refractivity (Wildman–Crippen MR) is 26.1 cm³/mol. The Bertz CT molecular complexity index is 9.51. The molecule has 0 heterocycles. The molecule has 2 heteroatoms. The van der Waals surface area contributed by atoms with Gasteiger partial charge in [-0.05, 0) is 0 Å². The maximum atomic E-state index is 4.49. The molecule has 0 unspecified atom stereocenters. The molecule has 42 valence electrons. The summed E-state index contributed by atoms with van der Waals surface area (Å²) in [6, 6.07) is 0. The van der Waals surface area contributed by atoms with Crippen LogP contribution < -0.4 is 0 Å². The van der Waals surface area contributed by atoms with Gasteiger partial charge in [0.05, 0.1) is 0 Å². The molecule has 0 aromatic carbocycles. The second-order valence-corrected chi connectivity index (χ2v) is 0.854. The fraction of sp³-hybridized carbons (Fsp3) is 0.750. The second kappa shape index (κ2) is 16.7. The Morgan fingerprint density at radius 2 is 1.83 bits per heavy atom. The van der Waals surface area contributed by atoms with Crippen molar-refractivity contribution in [3.8, 4) is 0 Å². The first-order valence-electron chi connectivity index (χ1n) is 1.83. The van der Waals surface area contributed by atoms with Crippen LogP contribution in [-0.2, 0) is 18.2 Å². The third-order valence-corrected chi connectivity index (χ3v) is 0.354. The van der Waals surface area contributed by atoms with Crippen molar-refractivity contribution in [2.24, 2.45) is 0 Å². The van der Waals surface area contributed by atoms with E-state index in [9.17, 15) is 0 Å². The van der Waals surface area contributed by atoms with Crippen LogP contribution in [0.1, 0.15) is 19.8 Å². The Kier molecular flexibility index (Phi) is 28.0. The van der Waals surface area contributed by atoms with Gasteiger partial charge in [0.25, 0.3) is 0 Å². The minimum atomic E-state index is 1.07. The predicted octanol–water partition coefficient (Wildman–Crippen LogP) is 2.31. The van der Waals surface area contributed by atoms with Gasteiger partial charge in [0.2, 0.25) is 0 Å².